The lowest BCUT2D eigenvalue weighted by atomic mass is 9.76. The van der Waals surface area contributed by atoms with Crippen LogP contribution in [-0.4, -0.2) is 0 Å². The van der Waals surface area contributed by atoms with Gasteiger partial charge < -0.3 is 4.74 Å². The van der Waals surface area contributed by atoms with Crippen molar-refractivity contribution in [2.75, 3.05) is 0 Å². The Hall–Kier alpha value is -1.97. The zero-order chi connectivity index (χ0) is 21.3. The number of unbranched alkanes of at least 4 members (excludes halogenated alkanes) is 1. The number of alkyl halides is 2. The highest BCUT2D eigenvalue weighted by atomic mass is 19.3. The third-order valence-electron chi connectivity index (χ3n) is 6.86. The molecular formula is C26H31F3O. The van der Waals surface area contributed by atoms with Gasteiger partial charge in [0, 0.05) is 5.56 Å². The van der Waals surface area contributed by atoms with Crippen molar-refractivity contribution in [2.45, 2.75) is 83.7 Å². The maximum Gasteiger partial charge on any atom is 0.427 e. The summed E-state index contributed by atoms with van der Waals surface area (Å²) in [7, 11) is 0. The molecule has 4 heteroatoms. The summed E-state index contributed by atoms with van der Waals surface area (Å²) in [5.41, 5.74) is 2.04. The van der Waals surface area contributed by atoms with Gasteiger partial charge in [0.25, 0.3) is 0 Å². The highest BCUT2D eigenvalue weighted by molar-refractivity contribution is 5.77. The van der Waals surface area contributed by atoms with Gasteiger partial charge in [-0.25, -0.2) is 4.39 Å². The van der Waals surface area contributed by atoms with Gasteiger partial charge in [-0.2, -0.15) is 8.78 Å². The first kappa shape index (κ1) is 21.3. The lowest BCUT2D eigenvalue weighted by Gasteiger charge is -2.32. The van der Waals surface area contributed by atoms with Crippen LogP contribution in [0.25, 0.3) is 11.1 Å². The highest BCUT2D eigenvalue weighted by Gasteiger charge is 2.43. The number of benzene rings is 2. The van der Waals surface area contributed by atoms with Crippen LogP contribution in [0.15, 0.2) is 30.3 Å². The molecule has 0 N–H and O–H groups in total. The van der Waals surface area contributed by atoms with E-state index in [1.54, 1.807) is 24.3 Å². The Kier molecular flexibility index (Phi) is 6.13. The van der Waals surface area contributed by atoms with Crippen LogP contribution in [-0.2, 0) is 12.5 Å². The van der Waals surface area contributed by atoms with Crippen LogP contribution in [0.1, 0.15) is 87.8 Å². The molecule has 1 aliphatic carbocycles. The van der Waals surface area contributed by atoms with Gasteiger partial charge in [0.15, 0.2) is 11.6 Å². The molecule has 4 rings (SSSR count). The highest BCUT2D eigenvalue weighted by Crippen LogP contribution is 2.50. The standard InChI is InChI=1S/C26H31F3O/c1-3-5-7-17-8-10-18(11-9-17)20-13-14-21-22-15-12-19(6-4-2)24(27)25(22)30-26(28,29)23(21)16-20/h12-18H,3-11H2,1-2H3. The zero-order valence-corrected chi connectivity index (χ0v) is 17.9. The summed E-state index contributed by atoms with van der Waals surface area (Å²) >= 11 is 0. The van der Waals surface area contributed by atoms with Crippen molar-refractivity contribution in [1.82, 2.24) is 0 Å². The molecule has 1 nitrogen and oxygen atoms in total. The molecule has 0 saturated heterocycles. The molecule has 2 aromatic carbocycles. The number of fused-ring (bicyclic) bond motifs is 3. The average molecular weight is 417 g/mol. The van der Waals surface area contributed by atoms with Crippen LogP contribution in [0.3, 0.4) is 0 Å². The fourth-order valence-electron chi connectivity index (χ4n) is 5.12. The summed E-state index contributed by atoms with van der Waals surface area (Å²) in [6.45, 7) is 4.15. The van der Waals surface area contributed by atoms with E-state index in [1.807, 2.05) is 13.0 Å². The van der Waals surface area contributed by atoms with Gasteiger partial charge in [0.2, 0.25) is 0 Å². The molecule has 2 aliphatic rings. The molecule has 1 fully saturated rings. The number of aryl methyl sites for hydroxylation is 1. The van der Waals surface area contributed by atoms with Crippen molar-refractivity contribution < 1.29 is 17.9 Å². The molecule has 0 radical (unpaired) electrons. The number of hydrogen-bond donors (Lipinski definition) is 0. The van der Waals surface area contributed by atoms with Crippen LogP contribution in [0.5, 0.6) is 5.75 Å². The average Bonchev–Trinajstić information content (AvgIpc) is 2.75. The number of ether oxygens (including phenoxy) is 1. The van der Waals surface area contributed by atoms with E-state index in [-0.39, 0.29) is 11.3 Å². The fraction of sp³-hybridized carbons (Fsp3) is 0.538. The van der Waals surface area contributed by atoms with Gasteiger partial charge in [-0.15, -0.1) is 0 Å². The van der Waals surface area contributed by atoms with Crippen LogP contribution < -0.4 is 4.74 Å². The van der Waals surface area contributed by atoms with Crippen molar-refractivity contribution in [2.24, 2.45) is 5.92 Å². The van der Waals surface area contributed by atoms with Crippen molar-refractivity contribution in [1.29, 1.82) is 0 Å². The molecule has 1 aliphatic heterocycles. The Labute approximate surface area is 177 Å². The Morgan fingerprint density at radius 1 is 0.967 bits per heavy atom. The Bertz CT molecular complexity index is 897. The number of rotatable bonds is 6. The third-order valence-corrected chi connectivity index (χ3v) is 6.86. The molecule has 30 heavy (non-hydrogen) atoms. The van der Waals surface area contributed by atoms with Crippen LogP contribution in [0.2, 0.25) is 0 Å². The Morgan fingerprint density at radius 3 is 2.40 bits per heavy atom. The number of halogens is 3. The second-order valence-corrected chi connectivity index (χ2v) is 8.95. The van der Waals surface area contributed by atoms with Crippen LogP contribution in [0.4, 0.5) is 13.2 Å². The van der Waals surface area contributed by atoms with Gasteiger partial charge in [-0.3, -0.25) is 0 Å². The largest absolute Gasteiger partial charge is 0.427 e. The lowest BCUT2D eigenvalue weighted by molar-refractivity contribution is -0.188. The third kappa shape index (κ3) is 3.98. The van der Waals surface area contributed by atoms with Gasteiger partial charge in [-0.05, 0) is 66.7 Å². The van der Waals surface area contributed by atoms with E-state index in [4.69, 9.17) is 4.74 Å². The predicted molar refractivity (Wildman–Crippen MR) is 115 cm³/mol. The van der Waals surface area contributed by atoms with Crippen molar-refractivity contribution in [3.63, 3.8) is 0 Å². The van der Waals surface area contributed by atoms with E-state index in [0.717, 1.165) is 30.7 Å². The van der Waals surface area contributed by atoms with Gasteiger partial charge >= 0.3 is 6.11 Å². The summed E-state index contributed by atoms with van der Waals surface area (Å²) in [6.07, 6.45) is 5.93. The Balaban J connectivity index is 1.62. The molecule has 0 aromatic heterocycles. The van der Waals surface area contributed by atoms with Crippen LogP contribution in [0, 0.1) is 11.7 Å². The summed E-state index contributed by atoms with van der Waals surface area (Å²) < 4.78 is 49.6. The monoisotopic (exact) mass is 416 g/mol. The second-order valence-electron chi connectivity index (χ2n) is 8.95. The molecule has 1 saturated carbocycles. The number of hydrogen-bond acceptors (Lipinski definition) is 1. The lowest BCUT2D eigenvalue weighted by Crippen LogP contribution is -2.28. The first-order chi connectivity index (χ1) is 14.4. The van der Waals surface area contributed by atoms with Crippen molar-refractivity contribution in [3.8, 4) is 16.9 Å². The molecule has 1 heterocycles. The van der Waals surface area contributed by atoms with E-state index < -0.39 is 11.9 Å². The summed E-state index contributed by atoms with van der Waals surface area (Å²) in [5, 5.41) is 0. The molecular weight excluding hydrogens is 385 g/mol. The SMILES string of the molecule is CCCCC1CCC(c2ccc3c(c2)C(F)(F)Oc2c-3ccc(CCC)c2F)CC1. The van der Waals surface area contributed by atoms with Gasteiger partial charge in [0.05, 0.1) is 5.56 Å². The van der Waals surface area contributed by atoms with E-state index in [2.05, 4.69) is 6.92 Å². The minimum Gasteiger partial charge on any atom is -0.425 e. The molecule has 0 unspecified atom stereocenters. The van der Waals surface area contributed by atoms with E-state index >= 15 is 0 Å². The van der Waals surface area contributed by atoms with Crippen molar-refractivity contribution >= 4 is 0 Å². The second kappa shape index (κ2) is 8.64. The molecule has 162 valence electrons. The van der Waals surface area contributed by atoms with Gasteiger partial charge in [-0.1, -0.05) is 63.8 Å². The molecule has 0 amide bonds. The van der Waals surface area contributed by atoms with E-state index in [9.17, 15) is 13.2 Å². The quantitative estimate of drug-likeness (QED) is 0.460. The van der Waals surface area contributed by atoms with Crippen molar-refractivity contribution in [3.05, 3.63) is 52.8 Å². The molecule has 0 atom stereocenters. The smallest absolute Gasteiger partial charge is 0.425 e. The summed E-state index contributed by atoms with van der Waals surface area (Å²) in [6, 6.07) is 8.71. The maximum absolute atomic E-state index is 14.9. The topological polar surface area (TPSA) is 9.23 Å². The first-order valence-electron chi connectivity index (χ1n) is 11.5. The predicted octanol–water partition coefficient (Wildman–Crippen LogP) is 8.35. The van der Waals surface area contributed by atoms with Gasteiger partial charge in [0.1, 0.15) is 0 Å². The minimum atomic E-state index is -3.53. The molecule has 0 bridgehead atoms. The Morgan fingerprint density at radius 2 is 1.70 bits per heavy atom. The summed E-state index contributed by atoms with van der Waals surface area (Å²) in [5.74, 6) is 0.113. The first-order valence-corrected chi connectivity index (χ1v) is 11.5. The summed E-state index contributed by atoms with van der Waals surface area (Å²) in [4.78, 5) is 0. The van der Waals surface area contributed by atoms with E-state index in [1.165, 1.54) is 32.1 Å². The maximum atomic E-state index is 14.9. The van der Waals surface area contributed by atoms with Crippen LogP contribution >= 0.6 is 0 Å². The molecule has 0 spiro atoms. The normalized spacial score (nSPS) is 22.2. The minimum absolute atomic E-state index is 0.136. The fourth-order valence-corrected chi connectivity index (χ4v) is 5.12. The zero-order valence-electron chi connectivity index (χ0n) is 17.9. The molecule has 2 aromatic rings. The van der Waals surface area contributed by atoms with E-state index in [0.29, 0.717) is 29.0 Å².